The fraction of sp³-hybridized carbons (Fsp3) is 0.478. The number of carboxylic acids is 1. The number of methoxy groups -OCH3 is 1. The van der Waals surface area contributed by atoms with Crippen molar-refractivity contribution in [3.05, 3.63) is 62.6 Å². The zero-order valence-corrected chi connectivity index (χ0v) is 17.8. The average molecular weight is 412 g/mol. The van der Waals surface area contributed by atoms with Gasteiger partial charge in [0.15, 0.2) is 0 Å². The van der Waals surface area contributed by atoms with Gasteiger partial charge in [-0.25, -0.2) is 4.79 Å². The van der Waals surface area contributed by atoms with Gasteiger partial charge in [-0.2, -0.15) is 0 Å². The van der Waals surface area contributed by atoms with Crippen molar-refractivity contribution in [3.8, 4) is 5.75 Å². The Morgan fingerprint density at radius 2 is 2.03 bits per heavy atom. The highest BCUT2D eigenvalue weighted by Gasteiger charge is 2.60. The summed E-state index contributed by atoms with van der Waals surface area (Å²) in [6, 6.07) is 7.17. The molecule has 3 N–H and O–H groups in total. The predicted octanol–water partition coefficient (Wildman–Crippen LogP) is 1.88. The number of likely N-dealkylation sites (tertiary alicyclic amines) is 1. The highest BCUT2D eigenvalue weighted by atomic mass is 16.5. The van der Waals surface area contributed by atoms with Crippen LogP contribution in [-0.4, -0.2) is 58.4 Å². The van der Waals surface area contributed by atoms with E-state index in [1.807, 2.05) is 39.1 Å². The first kappa shape index (κ1) is 20.6. The van der Waals surface area contributed by atoms with Crippen molar-refractivity contribution < 1.29 is 19.7 Å². The molecule has 0 spiro atoms. The van der Waals surface area contributed by atoms with Crippen molar-refractivity contribution in [3.63, 3.8) is 0 Å². The summed E-state index contributed by atoms with van der Waals surface area (Å²) in [6.45, 7) is 4.84. The van der Waals surface area contributed by atoms with Crippen LogP contribution in [0.5, 0.6) is 5.75 Å². The molecule has 0 unspecified atom stereocenters. The first-order valence-corrected chi connectivity index (χ1v) is 10.2. The van der Waals surface area contributed by atoms with Crippen LogP contribution in [-0.2, 0) is 18.3 Å². The summed E-state index contributed by atoms with van der Waals surface area (Å²) in [6.07, 6.45) is 1.40. The Balaban J connectivity index is 1.98. The quantitative estimate of drug-likeness (QED) is 0.711. The fourth-order valence-corrected chi connectivity index (χ4v) is 5.48. The van der Waals surface area contributed by atoms with Crippen LogP contribution >= 0.6 is 0 Å². The van der Waals surface area contributed by atoms with Crippen molar-refractivity contribution in [2.75, 3.05) is 20.7 Å². The number of hydrogen-bond donors (Lipinski definition) is 3. The van der Waals surface area contributed by atoms with E-state index in [4.69, 9.17) is 4.74 Å². The van der Waals surface area contributed by atoms with Gasteiger partial charge in [-0.3, -0.25) is 4.79 Å². The number of likely N-dealkylation sites (N-methyl/N-ethyl adjacent to an activating group) is 1. The molecule has 1 aromatic heterocycles. The van der Waals surface area contributed by atoms with E-state index < -0.39 is 22.5 Å². The first-order chi connectivity index (χ1) is 14.1. The standard InChI is InChI=1S/C23H28N2O5/c1-13-5-6-16(30-4)10-18(13)22-7-8-25(3)14(2)23(22,29)11-15-9-17(21(27)28)20(26)24-19(15)12-22/h5-6,9-10,14,29H,7-8,11-12H2,1-4H3,(H,24,26)(H,27,28)/t14-,22-,23-/m1/s1. The van der Waals surface area contributed by atoms with Crippen molar-refractivity contribution >= 4 is 5.97 Å². The molecule has 1 saturated heterocycles. The number of aromatic amines is 1. The van der Waals surface area contributed by atoms with Crippen LogP contribution < -0.4 is 10.3 Å². The molecule has 1 fully saturated rings. The van der Waals surface area contributed by atoms with Crippen LogP contribution in [0.4, 0.5) is 0 Å². The molecule has 7 nitrogen and oxygen atoms in total. The maximum absolute atomic E-state index is 12.4. The molecule has 0 radical (unpaired) electrons. The van der Waals surface area contributed by atoms with Gasteiger partial charge in [0, 0.05) is 30.0 Å². The van der Waals surface area contributed by atoms with Gasteiger partial charge in [-0.05, 0) is 68.8 Å². The average Bonchev–Trinajstić information content (AvgIpc) is 2.70. The third kappa shape index (κ3) is 2.80. The molecule has 2 heterocycles. The minimum absolute atomic E-state index is 0.162. The van der Waals surface area contributed by atoms with Crippen molar-refractivity contribution in [1.29, 1.82) is 0 Å². The number of piperidine rings is 1. The Morgan fingerprint density at radius 1 is 1.30 bits per heavy atom. The van der Waals surface area contributed by atoms with E-state index in [0.717, 1.165) is 23.4 Å². The minimum atomic E-state index is -1.26. The number of aryl methyl sites for hydroxylation is 1. The van der Waals surface area contributed by atoms with Crippen molar-refractivity contribution in [2.24, 2.45) is 0 Å². The first-order valence-electron chi connectivity index (χ1n) is 10.2. The lowest BCUT2D eigenvalue weighted by atomic mass is 9.53. The molecule has 0 saturated carbocycles. The topological polar surface area (TPSA) is 103 Å². The molecule has 7 heteroatoms. The number of benzene rings is 1. The number of nitrogens with one attached hydrogen (secondary N) is 1. The number of aromatic carboxylic acids is 1. The number of carbonyl (C=O) groups is 1. The summed E-state index contributed by atoms with van der Waals surface area (Å²) in [5, 5.41) is 21.6. The second-order valence-electron chi connectivity index (χ2n) is 8.77. The van der Waals surface area contributed by atoms with Crippen LogP contribution in [0.25, 0.3) is 0 Å². The summed E-state index contributed by atoms with van der Waals surface area (Å²) in [4.78, 5) is 28.8. The molecule has 0 amide bonds. The van der Waals surface area contributed by atoms with Gasteiger partial charge in [0.05, 0.1) is 12.7 Å². The molecule has 1 aliphatic carbocycles. The number of ether oxygens (including phenoxy) is 1. The Labute approximate surface area is 175 Å². The van der Waals surface area contributed by atoms with Gasteiger partial charge in [-0.15, -0.1) is 0 Å². The maximum atomic E-state index is 12.4. The van der Waals surface area contributed by atoms with E-state index in [-0.39, 0.29) is 18.0 Å². The number of H-pyrrole nitrogens is 1. The van der Waals surface area contributed by atoms with Crippen LogP contribution in [0.3, 0.4) is 0 Å². The normalized spacial score (nSPS) is 28.5. The minimum Gasteiger partial charge on any atom is -0.497 e. The molecule has 2 aliphatic rings. The number of nitrogens with zero attached hydrogens (tertiary/aromatic N) is 1. The highest BCUT2D eigenvalue weighted by molar-refractivity contribution is 5.87. The molecule has 4 rings (SSSR count). The molecule has 30 heavy (non-hydrogen) atoms. The number of aliphatic hydroxyl groups is 1. The molecule has 2 aromatic rings. The van der Waals surface area contributed by atoms with Gasteiger partial charge in [0.1, 0.15) is 11.3 Å². The number of pyridine rings is 1. The van der Waals surface area contributed by atoms with E-state index >= 15 is 0 Å². The van der Waals surface area contributed by atoms with Gasteiger partial charge in [0.25, 0.3) is 5.56 Å². The van der Waals surface area contributed by atoms with E-state index in [1.54, 1.807) is 7.11 Å². The number of carboxylic acid groups (broad SMARTS) is 1. The second-order valence-corrected chi connectivity index (χ2v) is 8.77. The zero-order valence-electron chi connectivity index (χ0n) is 17.8. The number of aromatic nitrogens is 1. The Kier molecular flexibility index (Phi) is 4.78. The Hall–Kier alpha value is -2.64. The Bertz CT molecular complexity index is 1080. The maximum Gasteiger partial charge on any atom is 0.341 e. The predicted molar refractivity (Wildman–Crippen MR) is 112 cm³/mol. The summed E-state index contributed by atoms with van der Waals surface area (Å²) >= 11 is 0. The van der Waals surface area contributed by atoms with E-state index in [0.29, 0.717) is 24.1 Å². The van der Waals surface area contributed by atoms with Gasteiger partial charge < -0.3 is 24.8 Å². The Morgan fingerprint density at radius 3 is 2.70 bits per heavy atom. The molecule has 0 bridgehead atoms. The lowest BCUT2D eigenvalue weighted by Crippen LogP contribution is -2.70. The lowest BCUT2D eigenvalue weighted by molar-refractivity contribution is -0.132. The molecule has 1 aromatic carbocycles. The van der Waals surface area contributed by atoms with E-state index in [2.05, 4.69) is 9.88 Å². The van der Waals surface area contributed by atoms with Crippen molar-refractivity contribution in [2.45, 2.75) is 50.2 Å². The third-order valence-electron chi connectivity index (χ3n) is 7.42. The largest absolute Gasteiger partial charge is 0.497 e. The summed E-state index contributed by atoms with van der Waals surface area (Å²) in [5.41, 5.74) is 0.791. The highest BCUT2D eigenvalue weighted by Crippen LogP contribution is 2.53. The second kappa shape index (κ2) is 6.96. The molecular formula is C23H28N2O5. The fourth-order valence-electron chi connectivity index (χ4n) is 5.48. The number of rotatable bonds is 3. The van der Waals surface area contributed by atoms with Crippen LogP contribution in [0, 0.1) is 6.92 Å². The van der Waals surface area contributed by atoms with E-state index in [1.165, 1.54) is 6.07 Å². The van der Waals surface area contributed by atoms with Crippen LogP contribution in [0.15, 0.2) is 29.1 Å². The molecule has 160 valence electrons. The SMILES string of the molecule is COc1ccc(C)c([C@]23CCN(C)[C@H](C)[C@]2(O)Cc2cc(C(=O)O)c(=O)[nH]c2C3)c1. The summed E-state index contributed by atoms with van der Waals surface area (Å²) in [5.74, 6) is -0.542. The lowest BCUT2D eigenvalue weighted by Gasteiger charge is -2.59. The van der Waals surface area contributed by atoms with Gasteiger partial charge in [0.2, 0.25) is 0 Å². The van der Waals surface area contributed by atoms with Crippen LogP contribution in [0.1, 0.15) is 46.1 Å². The number of fused-ring (bicyclic) bond motifs is 2. The van der Waals surface area contributed by atoms with E-state index in [9.17, 15) is 19.8 Å². The van der Waals surface area contributed by atoms with Crippen LogP contribution in [0.2, 0.25) is 0 Å². The zero-order chi connectivity index (χ0) is 21.8. The van der Waals surface area contributed by atoms with Crippen molar-refractivity contribution in [1.82, 2.24) is 9.88 Å². The molecular weight excluding hydrogens is 384 g/mol. The smallest absolute Gasteiger partial charge is 0.341 e. The summed E-state index contributed by atoms with van der Waals surface area (Å²) < 4.78 is 5.47. The summed E-state index contributed by atoms with van der Waals surface area (Å²) in [7, 11) is 3.62. The monoisotopic (exact) mass is 412 g/mol. The number of hydrogen-bond acceptors (Lipinski definition) is 5. The molecule has 1 aliphatic heterocycles. The van der Waals surface area contributed by atoms with Gasteiger partial charge in [-0.1, -0.05) is 6.07 Å². The third-order valence-corrected chi connectivity index (χ3v) is 7.42. The van der Waals surface area contributed by atoms with Gasteiger partial charge >= 0.3 is 5.97 Å². The molecule has 3 atom stereocenters.